The van der Waals surface area contributed by atoms with Crippen molar-refractivity contribution in [2.24, 2.45) is 0 Å². The fraction of sp³-hybridized carbons (Fsp3) is 0.389. The maximum Gasteiger partial charge on any atom is 0.270 e. The predicted octanol–water partition coefficient (Wildman–Crippen LogP) is 1.88. The summed E-state index contributed by atoms with van der Waals surface area (Å²) in [6, 6.07) is 10.7. The smallest absolute Gasteiger partial charge is 0.270 e. The molecule has 1 aliphatic rings. The number of aromatic nitrogens is 2. The molecule has 0 aliphatic carbocycles. The minimum absolute atomic E-state index is 0.0784. The molecule has 0 bridgehead atoms. The van der Waals surface area contributed by atoms with E-state index in [1.165, 1.54) is 0 Å². The Morgan fingerprint density at radius 3 is 2.65 bits per heavy atom. The Bertz CT molecular complexity index is 885. The lowest BCUT2D eigenvalue weighted by atomic mass is 10.2. The van der Waals surface area contributed by atoms with Crippen LogP contribution in [-0.2, 0) is 9.84 Å². The normalized spacial score (nSPS) is 18.4. The number of benzene rings is 1. The van der Waals surface area contributed by atoms with Gasteiger partial charge in [-0.15, -0.1) is 0 Å². The number of hydrogen-bond acceptors (Lipinski definition) is 6. The second-order valence-electron chi connectivity index (χ2n) is 6.33. The molecule has 1 saturated heterocycles. The molecule has 1 amide bonds. The molecule has 1 atom stereocenters. The molecule has 138 valence electrons. The highest BCUT2D eigenvalue weighted by Crippen LogP contribution is 2.21. The van der Waals surface area contributed by atoms with Gasteiger partial charge in [0.25, 0.3) is 5.91 Å². The van der Waals surface area contributed by atoms with E-state index in [4.69, 9.17) is 0 Å². The Hall–Kier alpha value is -2.48. The molecule has 1 fully saturated rings. The van der Waals surface area contributed by atoms with Gasteiger partial charge in [0, 0.05) is 24.2 Å². The molecule has 3 rings (SSSR count). The van der Waals surface area contributed by atoms with Crippen LogP contribution >= 0.6 is 0 Å². The summed E-state index contributed by atoms with van der Waals surface area (Å²) in [5, 5.41) is 5.96. The van der Waals surface area contributed by atoms with Gasteiger partial charge in [-0.25, -0.2) is 18.4 Å². The summed E-state index contributed by atoms with van der Waals surface area (Å²) in [6.45, 7) is 2.54. The zero-order chi connectivity index (χ0) is 18.6. The summed E-state index contributed by atoms with van der Waals surface area (Å²) in [6.07, 6.45) is 1.36. The van der Waals surface area contributed by atoms with Gasteiger partial charge in [0.2, 0.25) is 0 Å². The molecule has 1 aromatic carbocycles. The number of nitrogens with one attached hydrogen (secondary N) is 2. The summed E-state index contributed by atoms with van der Waals surface area (Å²) in [5.41, 5.74) is 1.05. The van der Waals surface area contributed by atoms with E-state index in [1.54, 1.807) is 6.07 Å². The Balaban J connectivity index is 1.91. The first-order chi connectivity index (χ1) is 12.5. The molecule has 2 N–H and O–H groups in total. The molecule has 0 radical (unpaired) electrons. The van der Waals surface area contributed by atoms with E-state index in [2.05, 4.69) is 20.6 Å². The van der Waals surface area contributed by atoms with Gasteiger partial charge in [0.05, 0.1) is 11.5 Å². The van der Waals surface area contributed by atoms with E-state index in [0.717, 1.165) is 12.0 Å². The molecule has 7 nitrogen and oxygen atoms in total. The molecule has 0 spiro atoms. The van der Waals surface area contributed by atoms with Crippen LogP contribution in [0.5, 0.6) is 0 Å². The summed E-state index contributed by atoms with van der Waals surface area (Å²) in [4.78, 5) is 21.2. The van der Waals surface area contributed by atoms with E-state index < -0.39 is 9.84 Å². The van der Waals surface area contributed by atoms with Crippen LogP contribution < -0.4 is 10.6 Å². The SMILES string of the molecule is CCCNC(=O)c1cc(NC2CCS(=O)(=O)C2)nc(-c2ccccc2)n1. The average Bonchev–Trinajstić information content (AvgIpc) is 2.98. The minimum atomic E-state index is -3.00. The van der Waals surface area contributed by atoms with Gasteiger partial charge in [0.15, 0.2) is 15.7 Å². The second kappa shape index (κ2) is 7.82. The minimum Gasteiger partial charge on any atom is -0.366 e. The lowest BCUT2D eigenvalue weighted by molar-refractivity contribution is 0.0948. The van der Waals surface area contributed by atoms with Crippen molar-refractivity contribution in [1.82, 2.24) is 15.3 Å². The zero-order valence-electron chi connectivity index (χ0n) is 14.6. The highest BCUT2D eigenvalue weighted by atomic mass is 32.2. The zero-order valence-corrected chi connectivity index (χ0v) is 15.4. The van der Waals surface area contributed by atoms with Gasteiger partial charge in [-0.1, -0.05) is 37.3 Å². The third-order valence-corrected chi connectivity index (χ3v) is 5.88. The average molecular weight is 374 g/mol. The standard InChI is InChI=1S/C18H22N4O3S/c1-2-9-19-18(23)15-11-16(20-14-8-10-26(24,25)12-14)22-17(21-15)13-6-4-3-5-7-13/h3-7,11,14H,2,8-10,12H2,1H3,(H,19,23)(H,20,21,22). The first kappa shape index (κ1) is 18.3. The third-order valence-electron chi connectivity index (χ3n) is 4.11. The van der Waals surface area contributed by atoms with Gasteiger partial charge in [-0.3, -0.25) is 4.79 Å². The molecule has 8 heteroatoms. The number of rotatable bonds is 6. The monoisotopic (exact) mass is 374 g/mol. The number of anilines is 1. The predicted molar refractivity (Wildman–Crippen MR) is 101 cm³/mol. The summed E-state index contributed by atoms with van der Waals surface area (Å²) in [7, 11) is -3.00. The van der Waals surface area contributed by atoms with E-state index in [9.17, 15) is 13.2 Å². The van der Waals surface area contributed by atoms with Crippen LogP contribution in [0.25, 0.3) is 11.4 Å². The molecule has 1 aromatic heterocycles. The molecule has 26 heavy (non-hydrogen) atoms. The Kier molecular flexibility index (Phi) is 5.51. The third kappa shape index (κ3) is 4.57. The summed E-state index contributed by atoms with van der Waals surface area (Å²) < 4.78 is 23.4. The van der Waals surface area contributed by atoms with Crippen LogP contribution in [0.2, 0.25) is 0 Å². The highest BCUT2D eigenvalue weighted by molar-refractivity contribution is 7.91. The quantitative estimate of drug-likeness (QED) is 0.801. The Morgan fingerprint density at radius 1 is 1.23 bits per heavy atom. The first-order valence-corrected chi connectivity index (χ1v) is 10.5. The number of amides is 1. The maximum absolute atomic E-state index is 12.4. The van der Waals surface area contributed by atoms with Crippen molar-refractivity contribution in [3.8, 4) is 11.4 Å². The summed E-state index contributed by atoms with van der Waals surface area (Å²) >= 11 is 0. The lowest BCUT2D eigenvalue weighted by Crippen LogP contribution is -2.26. The Labute approximate surface area is 153 Å². The van der Waals surface area contributed by atoms with Crippen LogP contribution in [0.4, 0.5) is 5.82 Å². The number of hydrogen-bond donors (Lipinski definition) is 2. The van der Waals surface area contributed by atoms with Crippen LogP contribution in [0.15, 0.2) is 36.4 Å². The number of carbonyl (C=O) groups is 1. The van der Waals surface area contributed by atoms with E-state index in [-0.39, 0.29) is 29.1 Å². The van der Waals surface area contributed by atoms with Crippen molar-refractivity contribution in [3.63, 3.8) is 0 Å². The van der Waals surface area contributed by atoms with Gasteiger partial charge in [-0.2, -0.15) is 0 Å². The topological polar surface area (TPSA) is 101 Å². The fourth-order valence-corrected chi connectivity index (χ4v) is 4.47. The van der Waals surface area contributed by atoms with Gasteiger partial charge >= 0.3 is 0 Å². The van der Waals surface area contributed by atoms with Gasteiger partial charge < -0.3 is 10.6 Å². The number of sulfone groups is 1. The molecular weight excluding hydrogens is 352 g/mol. The highest BCUT2D eigenvalue weighted by Gasteiger charge is 2.28. The van der Waals surface area contributed by atoms with Crippen molar-refractivity contribution in [3.05, 3.63) is 42.1 Å². The van der Waals surface area contributed by atoms with Crippen LogP contribution in [0.1, 0.15) is 30.3 Å². The van der Waals surface area contributed by atoms with Crippen molar-refractivity contribution >= 4 is 21.6 Å². The van der Waals surface area contributed by atoms with E-state index in [0.29, 0.717) is 24.6 Å². The van der Waals surface area contributed by atoms with Crippen molar-refractivity contribution in [1.29, 1.82) is 0 Å². The second-order valence-corrected chi connectivity index (χ2v) is 8.56. The molecule has 0 saturated carbocycles. The van der Waals surface area contributed by atoms with Crippen LogP contribution in [-0.4, -0.2) is 48.4 Å². The van der Waals surface area contributed by atoms with Crippen molar-refractivity contribution in [2.45, 2.75) is 25.8 Å². The Morgan fingerprint density at radius 2 is 2.00 bits per heavy atom. The van der Waals surface area contributed by atoms with E-state index >= 15 is 0 Å². The number of nitrogens with zero attached hydrogens (tertiary/aromatic N) is 2. The van der Waals surface area contributed by atoms with Crippen LogP contribution in [0.3, 0.4) is 0 Å². The molecule has 2 aromatic rings. The molecule has 2 heterocycles. The molecule has 1 aliphatic heterocycles. The maximum atomic E-state index is 12.4. The van der Waals surface area contributed by atoms with Crippen molar-refractivity contribution < 1.29 is 13.2 Å². The van der Waals surface area contributed by atoms with E-state index in [1.807, 2.05) is 37.3 Å². The summed E-state index contributed by atoms with van der Waals surface area (Å²) in [5.74, 6) is 0.870. The lowest BCUT2D eigenvalue weighted by Gasteiger charge is -2.14. The van der Waals surface area contributed by atoms with Crippen LogP contribution in [0, 0.1) is 0 Å². The van der Waals surface area contributed by atoms with Gasteiger partial charge in [0.1, 0.15) is 11.5 Å². The molecular formula is C18H22N4O3S. The first-order valence-electron chi connectivity index (χ1n) is 8.66. The molecule has 1 unspecified atom stereocenters. The number of carbonyl (C=O) groups excluding carboxylic acids is 1. The largest absolute Gasteiger partial charge is 0.366 e. The van der Waals surface area contributed by atoms with Crippen molar-refractivity contribution in [2.75, 3.05) is 23.4 Å². The fourth-order valence-electron chi connectivity index (χ4n) is 2.80. The van der Waals surface area contributed by atoms with Gasteiger partial charge in [-0.05, 0) is 12.8 Å².